The molecule has 1 saturated heterocycles. The Hall–Kier alpha value is -3.60. The van der Waals surface area contributed by atoms with Crippen molar-refractivity contribution in [1.82, 2.24) is 35.0 Å². The van der Waals surface area contributed by atoms with Crippen molar-refractivity contribution in [3.8, 4) is 5.75 Å². The van der Waals surface area contributed by atoms with Gasteiger partial charge >= 0.3 is 0 Å². The van der Waals surface area contributed by atoms with E-state index in [1.54, 1.807) is 18.9 Å². The van der Waals surface area contributed by atoms with E-state index in [4.69, 9.17) is 9.47 Å². The molecule has 0 radical (unpaired) electrons. The zero-order valence-corrected chi connectivity index (χ0v) is 20.6. The smallest absolute Gasteiger partial charge is 0.253 e. The lowest BCUT2D eigenvalue weighted by Crippen LogP contribution is -2.48. The summed E-state index contributed by atoms with van der Waals surface area (Å²) in [6.45, 7) is 5.20. The predicted octanol–water partition coefficient (Wildman–Crippen LogP) is 2.08. The largest absolute Gasteiger partial charge is 0.497 e. The minimum atomic E-state index is -0.393. The first-order valence-corrected chi connectivity index (χ1v) is 12.1. The van der Waals surface area contributed by atoms with Crippen LogP contribution in [-0.4, -0.2) is 82.0 Å². The van der Waals surface area contributed by atoms with Crippen molar-refractivity contribution >= 4 is 10.9 Å². The zero-order valence-electron chi connectivity index (χ0n) is 20.6. The molecule has 2 aromatic heterocycles. The maximum absolute atomic E-state index is 13.4. The molecule has 188 valence electrons. The van der Waals surface area contributed by atoms with Gasteiger partial charge in [-0.2, -0.15) is 0 Å². The summed E-state index contributed by atoms with van der Waals surface area (Å²) in [5, 5.41) is 13.4. The Bertz CT molecular complexity index is 1350. The highest BCUT2D eigenvalue weighted by Gasteiger charge is 2.32. The number of H-pyrrole nitrogens is 1. The number of fused-ring (bicyclic) bond motifs is 1. The third kappa shape index (κ3) is 5.15. The molecule has 0 bridgehead atoms. The van der Waals surface area contributed by atoms with Crippen LogP contribution in [0.1, 0.15) is 23.0 Å². The molecule has 10 heteroatoms. The third-order valence-electron chi connectivity index (χ3n) is 6.71. The minimum Gasteiger partial charge on any atom is -0.497 e. The van der Waals surface area contributed by atoms with E-state index in [0.29, 0.717) is 24.5 Å². The molecular weight excluding hydrogens is 458 g/mol. The van der Waals surface area contributed by atoms with Crippen LogP contribution in [0.2, 0.25) is 0 Å². The van der Waals surface area contributed by atoms with Crippen molar-refractivity contribution in [2.24, 2.45) is 0 Å². The van der Waals surface area contributed by atoms with Crippen LogP contribution in [0.5, 0.6) is 5.75 Å². The van der Waals surface area contributed by atoms with Crippen molar-refractivity contribution < 1.29 is 9.47 Å². The fourth-order valence-corrected chi connectivity index (χ4v) is 4.80. The molecule has 0 unspecified atom stereocenters. The highest BCUT2D eigenvalue weighted by Crippen LogP contribution is 2.29. The second-order valence-corrected chi connectivity index (χ2v) is 8.96. The first-order valence-electron chi connectivity index (χ1n) is 12.1. The van der Waals surface area contributed by atoms with Gasteiger partial charge in [0.15, 0.2) is 5.82 Å². The Kier molecular flexibility index (Phi) is 7.36. The lowest BCUT2D eigenvalue weighted by Gasteiger charge is -2.38. The van der Waals surface area contributed by atoms with Gasteiger partial charge in [0.25, 0.3) is 5.56 Å². The summed E-state index contributed by atoms with van der Waals surface area (Å²) in [5.41, 5.74) is 2.52. The van der Waals surface area contributed by atoms with Gasteiger partial charge in [-0.05, 0) is 40.3 Å². The number of ether oxygens (including phenoxy) is 2. The zero-order chi connectivity index (χ0) is 24.9. The maximum Gasteiger partial charge on any atom is 0.253 e. The Morgan fingerprint density at radius 2 is 1.83 bits per heavy atom. The number of rotatable bonds is 9. The average Bonchev–Trinajstić information content (AvgIpc) is 3.37. The number of tetrazole rings is 1. The molecule has 0 spiro atoms. The maximum atomic E-state index is 13.4. The SMILES string of the molecule is COCCn1nnnc1[C@@H](c1cc2cc(OC)ccc2[nH]c1=O)N1CCN(Cc2ccccc2)CC1. The van der Waals surface area contributed by atoms with Gasteiger partial charge in [0.1, 0.15) is 11.8 Å². The van der Waals surface area contributed by atoms with E-state index in [-0.39, 0.29) is 5.56 Å². The molecule has 0 saturated carbocycles. The van der Waals surface area contributed by atoms with E-state index in [2.05, 4.69) is 54.6 Å². The van der Waals surface area contributed by atoms with E-state index < -0.39 is 6.04 Å². The number of nitrogens with zero attached hydrogens (tertiary/aromatic N) is 6. The second kappa shape index (κ2) is 11.0. The lowest BCUT2D eigenvalue weighted by molar-refractivity contribution is 0.0984. The van der Waals surface area contributed by atoms with Crippen LogP contribution in [0.15, 0.2) is 59.4 Å². The number of pyridine rings is 1. The van der Waals surface area contributed by atoms with Crippen LogP contribution in [-0.2, 0) is 17.8 Å². The Morgan fingerprint density at radius 1 is 1.03 bits per heavy atom. The Balaban J connectivity index is 1.48. The van der Waals surface area contributed by atoms with Crippen molar-refractivity contribution in [3.63, 3.8) is 0 Å². The van der Waals surface area contributed by atoms with Crippen molar-refractivity contribution in [3.05, 3.63) is 81.9 Å². The summed E-state index contributed by atoms with van der Waals surface area (Å²) < 4.78 is 12.4. The first kappa shape index (κ1) is 24.1. The molecule has 0 aliphatic carbocycles. The minimum absolute atomic E-state index is 0.148. The molecule has 36 heavy (non-hydrogen) atoms. The summed E-state index contributed by atoms with van der Waals surface area (Å²) in [7, 11) is 3.28. The lowest BCUT2D eigenvalue weighted by atomic mass is 10.0. The number of benzene rings is 2. The van der Waals surface area contributed by atoms with Gasteiger partial charge in [0.2, 0.25) is 0 Å². The predicted molar refractivity (Wildman–Crippen MR) is 136 cm³/mol. The van der Waals surface area contributed by atoms with E-state index in [1.165, 1.54) is 5.56 Å². The molecular formula is C26H31N7O3. The van der Waals surface area contributed by atoms with Crippen molar-refractivity contribution in [2.45, 2.75) is 19.1 Å². The highest BCUT2D eigenvalue weighted by atomic mass is 16.5. The number of aromatic amines is 1. The number of aromatic nitrogens is 5. The molecule has 1 fully saturated rings. The van der Waals surface area contributed by atoms with Crippen LogP contribution >= 0.6 is 0 Å². The molecule has 1 aliphatic rings. The highest BCUT2D eigenvalue weighted by molar-refractivity contribution is 5.80. The van der Waals surface area contributed by atoms with Gasteiger partial charge in [-0.3, -0.25) is 14.6 Å². The standard InChI is InChI=1S/C26H31N7O3/c1-35-15-14-33-25(28-29-30-33)24(22-17-20-16-21(36-2)8-9-23(20)27-26(22)34)32-12-10-31(11-13-32)18-19-6-4-3-5-7-19/h3-9,16-17,24H,10-15,18H2,1-2H3,(H,27,34)/t24-/m1/s1. The molecule has 2 aromatic carbocycles. The van der Waals surface area contributed by atoms with Gasteiger partial charge in [-0.15, -0.1) is 5.10 Å². The number of nitrogens with one attached hydrogen (secondary N) is 1. The van der Waals surface area contributed by atoms with Crippen molar-refractivity contribution in [2.75, 3.05) is 47.0 Å². The van der Waals surface area contributed by atoms with Gasteiger partial charge < -0.3 is 14.5 Å². The van der Waals surface area contributed by atoms with Gasteiger partial charge in [-0.25, -0.2) is 4.68 Å². The quantitative estimate of drug-likeness (QED) is 0.381. The molecule has 1 aliphatic heterocycles. The van der Waals surface area contributed by atoms with Gasteiger partial charge in [0.05, 0.1) is 20.3 Å². The Labute approximate surface area is 209 Å². The molecule has 5 rings (SSSR count). The van der Waals surface area contributed by atoms with Crippen LogP contribution in [0.3, 0.4) is 0 Å². The van der Waals surface area contributed by atoms with E-state index in [1.807, 2.05) is 30.3 Å². The molecule has 4 aromatic rings. The molecule has 1 atom stereocenters. The van der Waals surface area contributed by atoms with Crippen LogP contribution in [0.4, 0.5) is 0 Å². The van der Waals surface area contributed by atoms with E-state index in [0.717, 1.165) is 49.4 Å². The van der Waals surface area contributed by atoms with Crippen LogP contribution in [0.25, 0.3) is 10.9 Å². The number of hydrogen-bond donors (Lipinski definition) is 1. The van der Waals surface area contributed by atoms with Crippen LogP contribution < -0.4 is 10.3 Å². The van der Waals surface area contributed by atoms with Crippen LogP contribution in [0, 0.1) is 0 Å². The molecule has 10 nitrogen and oxygen atoms in total. The summed E-state index contributed by atoms with van der Waals surface area (Å²) in [4.78, 5) is 21.2. The number of hydrogen-bond acceptors (Lipinski definition) is 8. The molecule has 3 heterocycles. The number of methoxy groups -OCH3 is 2. The average molecular weight is 490 g/mol. The monoisotopic (exact) mass is 489 g/mol. The van der Waals surface area contributed by atoms with Gasteiger partial charge in [-0.1, -0.05) is 30.3 Å². The fourth-order valence-electron chi connectivity index (χ4n) is 4.80. The molecule has 0 amide bonds. The van der Waals surface area contributed by atoms with E-state index >= 15 is 0 Å². The second-order valence-electron chi connectivity index (χ2n) is 8.96. The van der Waals surface area contributed by atoms with Crippen molar-refractivity contribution in [1.29, 1.82) is 0 Å². The topological polar surface area (TPSA) is 101 Å². The summed E-state index contributed by atoms with van der Waals surface area (Å²) >= 11 is 0. The summed E-state index contributed by atoms with van der Waals surface area (Å²) in [6, 6.07) is 17.7. The molecule has 1 N–H and O–H groups in total. The van der Waals surface area contributed by atoms with E-state index in [9.17, 15) is 4.79 Å². The fraction of sp³-hybridized carbons (Fsp3) is 0.385. The Morgan fingerprint density at radius 3 is 2.58 bits per heavy atom. The summed E-state index contributed by atoms with van der Waals surface area (Å²) in [5.74, 6) is 1.37. The number of piperazine rings is 1. The normalized spacial score (nSPS) is 15.8. The van der Waals surface area contributed by atoms with Gasteiger partial charge in [0, 0.05) is 56.3 Å². The third-order valence-corrected chi connectivity index (χ3v) is 6.71. The first-order chi connectivity index (χ1) is 17.7. The summed E-state index contributed by atoms with van der Waals surface area (Å²) in [6.07, 6.45) is 0.